The van der Waals surface area contributed by atoms with Crippen LogP contribution in [0.15, 0.2) is 18.2 Å². The Morgan fingerprint density at radius 1 is 1.50 bits per heavy atom. The summed E-state index contributed by atoms with van der Waals surface area (Å²) in [5.41, 5.74) is 1.58. The van der Waals surface area contributed by atoms with Crippen molar-refractivity contribution in [2.45, 2.75) is 19.9 Å². The van der Waals surface area contributed by atoms with Gasteiger partial charge in [-0.15, -0.1) is 0 Å². The van der Waals surface area contributed by atoms with Crippen LogP contribution in [0.4, 0.5) is 10.1 Å². The lowest BCUT2D eigenvalue weighted by Gasteiger charge is -2.15. The number of methoxy groups -OCH3 is 1. The molecule has 0 amide bonds. The zero-order valence-electron chi connectivity index (χ0n) is 8.80. The van der Waals surface area contributed by atoms with E-state index in [2.05, 4.69) is 5.32 Å². The van der Waals surface area contributed by atoms with Gasteiger partial charge in [-0.2, -0.15) is 0 Å². The van der Waals surface area contributed by atoms with Crippen LogP contribution < -0.4 is 5.32 Å². The first-order valence-corrected chi connectivity index (χ1v) is 4.65. The van der Waals surface area contributed by atoms with Gasteiger partial charge < -0.3 is 10.1 Å². The lowest BCUT2D eigenvalue weighted by atomic mass is 10.2. The summed E-state index contributed by atoms with van der Waals surface area (Å²) in [5, 5.41) is 3.05. The topological polar surface area (TPSA) is 21.3 Å². The summed E-state index contributed by atoms with van der Waals surface area (Å²) in [6.45, 7) is 4.45. The third-order valence-corrected chi connectivity index (χ3v) is 1.94. The predicted molar refractivity (Wildman–Crippen MR) is 56.1 cm³/mol. The zero-order chi connectivity index (χ0) is 10.6. The Balaban J connectivity index is 2.70. The highest BCUT2D eigenvalue weighted by molar-refractivity contribution is 5.47. The molecule has 0 saturated heterocycles. The van der Waals surface area contributed by atoms with Crippen molar-refractivity contribution in [3.8, 4) is 0 Å². The van der Waals surface area contributed by atoms with Gasteiger partial charge in [0, 0.05) is 13.2 Å². The molecule has 1 aromatic carbocycles. The van der Waals surface area contributed by atoms with Gasteiger partial charge >= 0.3 is 0 Å². The first kappa shape index (κ1) is 11.0. The van der Waals surface area contributed by atoms with E-state index in [4.69, 9.17) is 4.74 Å². The molecule has 78 valence electrons. The minimum absolute atomic E-state index is 0.108. The molecule has 3 heteroatoms. The highest BCUT2D eigenvalue weighted by Crippen LogP contribution is 2.16. The molecule has 0 spiro atoms. The second-order valence-electron chi connectivity index (χ2n) is 3.48. The van der Waals surface area contributed by atoms with Crippen molar-refractivity contribution in [1.82, 2.24) is 0 Å². The summed E-state index contributed by atoms with van der Waals surface area (Å²) in [5.74, 6) is -0.224. The number of halogens is 1. The Labute approximate surface area is 84.1 Å². The molecule has 1 N–H and O–H groups in total. The second kappa shape index (κ2) is 4.96. The van der Waals surface area contributed by atoms with E-state index < -0.39 is 0 Å². The number of hydrogen-bond acceptors (Lipinski definition) is 2. The van der Waals surface area contributed by atoms with Gasteiger partial charge in [0.2, 0.25) is 0 Å². The van der Waals surface area contributed by atoms with Crippen LogP contribution in [0, 0.1) is 12.7 Å². The van der Waals surface area contributed by atoms with Crippen LogP contribution in [-0.2, 0) is 4.74 Å². The fraction of sp³-hybridized carbons (Fsp3) is 0.455. The number of aryl methyl sites for hydroxylation is 1. The molecule has 0 radical (unpaired) electrons. The normalized spacial score (nSPS) is 12.6. The van der Waals surface area contributed by atoms with Crippen LogP contribution in [0.25, 0.3) is 0 Å². The van der Waals surface area contributed by atoms with Gasteiger partial charge in [0.25, 0.3) is 0 Å². The van der Waals surface area contributed by atoms with Crippen molar-refractivity contribution in [3.05, 3.63) is 29.6 Å². The van der Waals surface area contributed by atoms with Gasteiger partial charge in [0.1, 0.15) is 5.82 Å². The van der Waals surface area contributed by atoms with Crippen molar-refractivity contribution < 1.29 is 9.13 Å². The quantitative estimate of drug-likeness (QED) is 0.801. The minimum Gasteiger partial charge on any atom is -0.383 e. The summed E-state index contributed by atoms with van der Waals surface area (Å²) < 4.78 is 18.2. The van der Waals surface area contributed by atoms with E-state index in [1.54, 1.807) is 19.2 Å². The highest BCUT2D eigenvalue weighted by atomic mass is 19.1. The molecule has 0 aliphatic heterocycles. The molecule has 2 nitrogen and oxygen atoms in total. The number of rotatable bonds is 4. The van der Waals surface area contributed by atoms with E-state index in [0.29, 0.717) is 12.3 Å². The molecule has 0 aromatic heterocycles. The zero-order valence-corrected chi connectivity index (χ0v) is 8.80. The number of benzene rings is 1. The smallest absolute Gasteiger partial charge is 0.146 e. The summed E-state index contributed by atoms with van der Waals surface area (Å²) in [7, 11) is 1.63. The standard InChI is InChI=1S/C11H16FNO/c1-8-4-5-10(12)11(6-8)13-9(2)7-14-3/h4-6,9,13H,7H2,1-3H3/t9-/m0/s1. The largest absolute Gasteiger partial charge is 0.383 e. The monoisotopic (exact) mass is 197 g/mol. The maximum Gasteiger partial charge on any atom is 0.146 e. The Morgan fingerprint density at radius 2 is 2.21 bits per heavy atom. The molecular formula is C11H16FNO. The third-order valence-electron chi connectivity index (χ3n) is 1.94. The SMILES string of the molecule is COC[C@H](C)Nc1cc(C)ccc1F. The fourth-order valence-electron chi connectivity index (χ4n) is 1.31. The number of hydrogen-bond donors (Lipinski definition) is 1. The van der Waals surface area contributed by atoms with Gasteiger partial charge in [-0.3, -0.25) is 0 Å². The Bertz CT molecular complexity index is 301. The maximum absolute atomic E-state index is 13.3. The first-order chi connectivity index (χ1) is 6.63. The molecule has 0 heterocycles. The highest BCUT2D eigenvalue weighted by Gasteiger charge is 2.05. The van der Waals surface area contributed by atoms with Gasteiger partial charge in [-0.1, -0.05) is 6.07 Å². The van der Waals surface area contributed by atoms with Gasteiger partial charge in [0.05, 0.1) is 12.3 Å². The van der Waals surface area contributed by atoms with Crippen molar-refractivity contribution in [3.63, 3.8) is 0 Å². The minimum atomic E-state index is -0.224. The molecule has 0 fully saturated rings. The molecule has 1 aromatic rings. The molecule has 0 aliphatic rings. The molecule has 0 saturated carbocycles. The van der Waals surface area contributed by atoms with E-state index in [1.807, 2.05) is 13.8 Å². The van der Waals surface area contributed by atoms with Crippen LogP contribution in [0.3, 0.4) is 0 Å². The maximum atomic E-state index is 13.3. The van der Waals surface area contributed by atoms with Crippen molar-refractivity contribution >= 4 is 5.69 Å². The van der Waals surface area contributed by atoms with Gasteiger partial charge in [-0.05, 0) is 31.5 Å². The lowest BCUT2D eigenvalue weighted by Crippen LogP contribution is -2.21. The van der Waals surface area contributed by atoms with Gasteiger partial charge in [-0.25, -0.2) is 4.39 Å². The van der Waals surface area contributed by atoms with E-state index in [1.165, 1.54) is 6.07 Å². The average Bonchev–Trinajstić information content (AvgIpc) is 2.12. The van der Waals surface area contributed by atoms with Crippen LogP contribution >= 0.6 is 0 Å². The summed E-state index contributed by atoms with van der Waals surface area (Å²) in [6, 6.07) is 5.12. The third kappa shape index (κ3) is 3.00. The molecular weight excluding hydrogens is 181 g/mol. The molecule has 0 unspecified atom stereocenters. The van der Waals surface area contributed by atoms with E-state index in [-0.39, 0.29) is 11.9 Å². The predicted octanol–water partition coefficient (Wildman–Crippen LogP) is 2.58. The summed E-state index contributed by atoms with van der Waals surface area (Å²) in [4.78, 5) is 0. The Hall–Kier alpha value is -1.09. The van der Waals surface area contributed by atoms with Crippen molar-refractivity contribution in [2.24, 2.45) is 0 Å². The fourth-order valence-corrected chi connectivity index (χ4v) is 1.31. The number of ether oxygens (including phenoxy) is 1. The first-order valence-electron chi connectivity index (χ1n) is 4.65. The van der Waals surface area contributed by atoms with Crippen molar-refractivity contribution in [1.29, 1.82) is 0 Å². The average molecular weight is 197 g/mol. The summed E-state index contributed by atoms with van der Waals surface area (Å²) in [6.07, 6.45) is 0. The summed E-state index contributed by atoms with van der Waals surface area (Å²) >= 11 is 0. The van der Waals surface area contributed by atoms with E-state index >= 15 is 0 Å². The Kier molecular flexibility index (Phi) is 3.89. The van der Waals surface area contributed by atoms with Crippen molar-refractivity contribution in [2.75, 3.05) is 19.0 Å². The number of anilines is 1. The van der Waals surface area contributed by atoms with Crippen LogP contribution in [0.5, 0.6) is 0 Å². The van der Waals surface area contributed by atoms with Gasteiger partial charge in [0.15, 0.2) is 0 Å². The second-order valence-corrected chi connectivity index (χ2v) is 3.48. The van der Waals surface area contributed by atoms with Crippen LogP contribution in [-0.4, -0.2) is 19.8 Å². The van der Waals surface area contributed by atoms with Crippen LogP contribution in [0.1, 0.15) is 12.5 Å². The lowest BCUT2D eigenvalue weighted by molar-refractivity contribution is 0.190. The Morgan fingerprint density at radius 3 is 2.86 bits per heavy atom. The molecule has 1 rings (SSSR count). The van der Waals surface area contributed by atoms with E-state index in [0.717, 1.165) is 5.56 Å². The molecule has 0 bridgehead atoms. The number of nitrogens with one attached hydrogen (secondary N) is 1. The molecule has 1 atom stereocenters. The molecule has 14 heavy (non-hydrogen) atoms. The van der Waals surface area contributed by atoms with Crippen LogP contribution in [0.2, 0.25) is 0 Å². The van der Waals surface area contributed by atoms with E-state index in [9.17, 15) is 4.39 Å². The molecule has 0 aliphatic carbocycles.